The van der Waals surface area contributed by atoms with E-state index in [4.69, 9.17) is 10.1 Å². The van der Waals surface area contributed by atoms with E-state index < -0.39 is 5.97 Å². The van der Waals surface area contributed by atoms with Gasteiger partial charge < -0.3 is 9.67 Å². The Balaban J connectivity index is 1.82. The Morgan fingerprint density at radius 1 is 1.08 bits per heavy atom. The maximum atomic E-state index is 11.0. The Kier molecular flexibility index (Phi) is 3.66. The van der Waals surface area contributed by atoms with Crippen molar-refractivity contribution in [3.05, 3.63) is 71.5 Å². The molecule has 0 radical (unpaired) electrons. The molecule has 0 amide bonds. The summed E-state index contributed by atoms with van der Waals surface area (Å²) in [5.74, 6) is -0.914. The number of fused-ring (bicyclic) bond motifs is 1. The maximum Gasteiger partial charge on any atom is 0.335 e. The molecular formula is C20H16N2O2S. The smallest absolute Gasteiger partial charge is 0.335 e. The number of nitrogens with zero attached hydrogens (tertiary/aromatic N) is 2. The number of benzene rings is 2. The number of para-hydroxylation sites is 1. The molecule has 4 aromatic rings. The Morgan fingerprint density at radius 2 is 1.80 bits per heavy atom. The monoisotopic (exact) mass is 348 g/mol. The van der Waals surface area contributed by atoms with Crippen LogP contribution in [0.15, 0.2) is 54.6 Å². The number of hydrogen-bond donors (Lipinski definition) is 1. The fraction of sp³-hybridized carbons (Fsp3) is 0.100. The van der Waals surface area contributed by atoms with Crippen molar-refractivity contribution >= 4 is 27.5 Å². The van der Waals surface area contributed by atoms with E-state index in [0.717, 1.165) is 33.2 Å². The number of carboxylic acids is 1. The van der Waals surface area contributed by atoms with E-state index in [9.17, 15) is 4.79 Å². The number of carboxylic acid groups (broad SMARTS) is 1. The van der Waals surface area contributed by atoms with Crippen LogP contribution in [0.3, 0.4) is 0 Å². The fourth-order valence-corrected chi connectivity index (χ4v) is 4.15. The van der Waals surface area contributed by atoms with Gasteiger partial charge in [0.1, 0.15) is 5.01 Å². The third-order valence-corrected chi connectivity index (χ3v) is 5.40. The molecule has 0 saturated heterocycles. The summed E-state index contributed by atoms with van der Waals surface area (Å²) in [5, 5.41) is 10.1. The molecule has 0 unspecified atom stereocenters. The summed E-state index contributed by atoms with van der Waals surface area (Å²) in [7, 11) is 0. The van der Waals surface area contributed by atoms with Crippen LogP contribution in [0, 0.1) is 13.8 Å². The van der Waals surface area contributed by atoms with Crippen LogP contribution in [0.25, 0.3) is 26.5 Å². The zero-order valence-corrected chi connectivity index (χ0v) is 14.7. The molecule has 0 saturated carbocycles. The third-order valence-electron chi connectivity index (χ3n) is 4.33. The SMILES string of the molecule is Cc1cc(-c2nc3ccccc3s2)c(C)n1-c1ccc(C(=O)O)cc1. The second-order valence-corrected chi connectivity index (χ2v) is 6.99. The number of carbonyl (C=O) groups is 1. The predicted octanol–water partition coefficient (Wildman–Crippen LogP) is 5.07. The number of rotatable bonds is 3. The maximum absolute atomic E-state index is 11.0. The van der Waals surface area contributed by atoms with Crippen LogP contribution in [0.4, 0.5) is 0 Å². The van der Waals surface area contributed by atoms with Gasteiger partial charge in [-0.25, -0.2) is 9.78 Å². The lowest BCUT2D eigenvalue weighted by atomic mass is 10.2. The Bertz CT molecular complexity index is 1060. The highest BCUT2D eigenvalue weighted by atomic mass is 32.1. The van der Waals surface area contributed by atoms with E-state index in [1.807, 2.05) is 30.3 Å². The van der Waals surface area contributed by atoms with Gasteiger partial charge in [0.05, 0.1) is 15.8 Å². The first kappa shape index (κ1) is 15.6. The van der Waals surface area contributed by atoms with Crippen molar-refractivity contribution in [2.75, 3.05) is 0 Å². The number of thiazole rings is 1. The molecule has 2 aromatic heterocycles. The highest BCUT2D eigenvalue weighted by Gasteiger charge is 2.16. The zero-order valence-electron chi connectivity index (χ0n) is 13.9. The van der Waals surface area contributed by atoms with Crippen LogP contribution in [0.5, 0.6) is 0 Å². The molecule has 0 fully saturated rings. The molecule has 4 rings (SSSR count). The lowest BCUT2D eigenvalue weighted by Gasteiger charge is -2.10. The Morgan fingerprint density at radius 3 is 2.48 bits per heavy atom. The van der Waals surface area contributed by atoms with E-state index in [1.54, 1.807) is 23.5 Å². The molecule has 2 aromatic carbocycles. The standard InChI is InChI=1S/C20H16N2O2S/c1-12-11-16(19-21-17-5-3-4-6-18(17)25-19)13(2)22(12)15-9-7-14(8-10-15)20(23)24/h3-11H,1-2H3,(H,23,24). The van der Waals surface area contributed by atoms with Gasteiger partial charge in [-0.05, 0) is 56.3 Å². The Labute approximate surface area is 149 Å². The van der Waals surface area contributed by atoms with E-state index in [0.29, 0.717) is 0 Å². The molecule has 0 atom stereocenters. The molecule has 0 bridgehead atoms. The molecule has 2 heterocycles. The molecule has 4 nitrogen and oxygen atoms in total. The average molecular weight is 348 g/mol. The molecule has 124 valence electrons. The normalized spacial score (nSPS) is 11.1. The van der Waals surface area contributed by atoms with Gasteiger partial charge in [0, 0.05) is 22.6 Å². The highest BCUT2D eigenvalue weighted by Crippen LogP contribution is 2.34. The van der Waals surface area contributed by atoms with E-state index in [-0.39, 0.29) is 5.56 Å². The van der Waals surface area contributed by atoms with Crippen molar-refractivity contribution in [3.8, 4) is 16.3 Å². The summed E-state index contributed by atoms with van der Waals surface area (Å²) in [6.45, 7) is 4.12. The number of aromatic nitrogens is 2. The summed E-state index contributed by atoms with van der Waals surface area (Å²) in [6.07, 6.45) is 0. The minimum atomic E-state index is -0.914. The average Bonchev–Trinajstić information content (AvgIpc) is 3.15. The second-order valence-electron chi connectivity index (χ2n) is 5.96. The van der Waals surface area contributed by atoms with E-state index in [1.165, 1.54) is 4.70 Å². The summed E-state index contributed by atoms with van der Waals surface area (Å²) in [6, 6.07) is 17.2. The van der Waals surface area contributed by atoms with Crippen molar-refractivity contribution in [1.29, 1.82) is 0 Å². The molecule has 25 heavy (non-hydrogen) atoms. The van der Waals surface area contributed by atoms with Gasteiger partial charge in [-0.2, -0.15) is 0 Å². The first-order chi connectivity index (χ1) is 12.0. The fourth-order valence-electron chi connectivity index (χ4n) is 3.12. The lowest BCUT2D eigenvalue weighted by molar-refractivity contribution is 0.0697. The predicted molar refractivity (Wildman–Crippen MR) is 101 cm³/mol. The molecule has 1 N–H and O–H groups in total. The summed E-state index contributed by atoms with van der Waals surface area (Å²) >= 11 is 1.69. The van der Waals surface area contributed by atoms with Crippen LogP contribution in [0.2, 0.25) is 0 Å². The molecule has 5 heteroatoms. The summed E-state index contributed by atoms with van der Waals surface area (Å²) in [4.78, 5) is 15.8. The summed E-state index contributed by atoms with van der Waals surface area (Å²) in [5.41, 5.74) is 5.55. The quantitative estimate of drug-likeness (QED) is 0.562. The molecular weight excluding hydrogens is 332 g/mol. The van der Waals surface area contributed by atoms with Crippen LogP contribution in [-0.2, 0) is 0 Å². The van der Waals surface area contributed by atoms with Crippen LogP contribution in [0.1, 0.15) is 21.7 Å². The van der Waals surface area contributed by atoms with Crippen molar-refractivity contribution in [2.24, 2.45) is 0 Å². The minimum Gasteiger partial charge on any atom is -0.478 e. The van der Waals surface area contributed by atoms with Gasteiger partial charge in [-0.3, -0.25) is 0 Å². The van der Waals surface area contributed by atoms with Crippen LogP contribution >= 0.6 is 11.3 Å². The van der Waals surface area contributed by atoms with Gasteiger partial charge in [0.15, 0.2) is 0 Å². The van der Waals surface area contributed by atoms with Crippen molar-refractivity contribution in [1.82, 2.24) is 9.55 Å². The van der Waals surface area contributed by atoms with Crippen LogP contribution in [-0.4, -0.2) is 20.6 Å². The number of hydrogen-bond acceptors (Lipinski definition) is 3. The zero-order chi connectivity index (χ0) is 17.6. The van der Waals surface area contributed by atoms with Gasteiger partial charge in [0.25, 0.3) is 0 Å². The largest absolute Gasteiger partial charge is 0.478 e. The molecule has 0 aliphatic heterocycles. The molecule has 0 spiro atoms. The van der Waals surface area contributed by atoms with Gasteiger partial charge in [-0.15, -0.1) is 11.3 Å². The third kappa shape index (κ3) is 2.62. The molecule has 0 aliphatic rings. The highest BCUT2D eigenvalue weighted by molar-refractivity contribution is 7.21. The van der Waals surface area contributed by atoms with E-state index in [2.05, 4.69) is 30.5 Å². The van der Waals surface area contributed by atoms with Crippen LogP contribution < -0.4 is 0 Å². The topological polar surface area (TPSA) is 55.1 Å². The van der Waals surface area contributed by atoms with E-state index >= 15 is 0 Å². The molecule has 0 aliphatic carbocycles. The minimum absolute atomic E-state index is 0.289. The second kappa shape index (κ2) is 5.86. The first-order valence-electron chi connectivity index (χ1n) is 7.93. The van der Waals surface area contributed by atoms with Crippen molar-refractivity contribution in [3.63, 3.8) is 0 Å². The first-order valence-corrected chi connectivity index (χ1v) is 8.75. The Hall–Kier alpha value is -2.92. The number of aryl methyl sites for hydroxylation is 1. The van der Waals surface area contributed by atoms with Gasteiger partial charge in [-0.1, -0.05) is 12.1 Å². The van der Waals surface area contributed by atoms with Crippen molar-refractivity contribution in [2.45, 2.75) is 13.8 Å². The van der Waals surface area contributed by atoms with Gasteiger partial charge >= 0.3 is 5.97 Å². The lowest BCUT2D eigenvalue weighted by Crippen LogP contribution is -2.01. The summed E-state index contributed by atoms with van der Waals surface area (Å²) < 4.78 is 3.31. The number of aromatic carboxylic acids is 1. The van der Waals surface area contributed by atoms with Crippen molar-refractivity contribution < 1.29 is 9.90 Å². The van der Waals surface area contributed by atoms with Gasteiger partial charge in [0.2, 0.25) is 0 Å².